The van der Waals surface area contributed by atoms with E-state index in [0.29, 0.717) is 11.3 Å². The number of carbonyl (C=O) groups is 2. The number of carbonyl (C=O) groups excluding carboxylic acids is 2. The largest absolute Gasteiger partial charge is 0.325 e. The quantitative estimate of drug-likeness (QED) is 0.676. The molecule has 0 saturated heterocycles. The van der Waals surface area contributed by atoms with Crippen LogP contribution in [-0.4, -0.2) is 27.1 Å². The minimum Gasteiger partial charge on any atom is -0.325 e. The predicted octanol–water partition coefficient (Wildman–Crippen LogP) is 3.17. The third-order valence-corrected chi connectivity index (χ3v) is 4.74. The molecule has 1 heterocycles. The minimum atomic E-state index is -0.273. The van der Waals surface area contributed by atoms with Crippen LogP contribution in [0.25, 0.3) is 0 Å². The second kappa shape index (κ2) is 6.82. The molecule has 1 aromatic heterocycles. The number of aryl methyl sites for hydroxylation is 1. The fourth-order valence-corrected chi connectivity index (χ4v) is 3.52. The molecule has 0 spiro atoms. The Labute approximate surface area is 131 Å². The number of thioether (sulfide) groups is 1. The Balaban J connectivity index is 1.95. The van der Waals surface area contributed by atoms with E-state index in [1.165, 1.54) is 30.0 Å². The maximum Gasteiger partial charge on any atom is 0.237 e. The van der Waals surface area contributed by atoms with Crippen LogP contribution in [0.3, 0.4) is 0 Å². The highest BCUT2D eigenvalue weighted by atomic mass is 32.2. The molecule has 0 radical (unpaired) electrons. The van der Waals surface area contributed by atoms with E-state index in [0.717, 1.165) is 9.35 Å². The molecule has 7 heteroatoms. The van der Waals surface area contributed by atoms with Crippen molar-refractivity contribution < 1.29 is 9.59 Å². The summed E-state index contributed by atoms with van der Waals surface area (Å²) in [5.41, 5.74) is 1.30. The van der Waals surface area contributed by atoms with Crippen molar-refractivity contribution in [1.29, 1.82) is 0 Å². The number of aromatic nitrogens is 2. The summed E-state index contributed by atoms with van der Waals surface area (Å²) in [6.07, 6.45) is 0. The number of anilines is 1. The summed E-state index contributed by atoms with van der Waals surface area (Å²) in [5, 5.41) is 11.3. The molecule has 5 nitrogen and oxygen atoms in total. The van der Waals surface area contributed by atoms with E-state index in [9.17, 15) is 9.59 Å². The molecule has 1 amide bonds. The van der Waals surface area contributed by atoms with E-state index in [2.05, 4.69) is 15.5 Å². The number of Topliss-reactive ketones (excluding diaryl/α,β-unsaturated/α-hetero) is 1. The van der Waals surface area contributed by atoms with Gasteiger partial charge in [-0.15, -0.1) is 10.2 Å². The second-order valence-electron chi connectivity index (χ2n) is 4.47. The molecule has 1 N–H and O–H groups in total. The molecule has 0 aliphatic carbocycles. The average Bonchev–Trinajstić information content (AvgIpc) is 2.84. The highest BCUT2D eigenvalue weighted by Gasteiger charge is 2.16. The zero-order valence-corrected chi connectivity index (χ0v) is 13.5. The number of rotatable bonds is 5. The van der Waals surface area contributed by atoms with Crippen molar-refractivity contribution in [2.45, 2.75) is 30.4 Å². The predicted molar refractivity (Wildman–Crippen MR) is 85.0 cm³/mol. The van der Waals surface area contributed by atoms with Gasteiger partial charge in [0.2, 0.25) is 5.91 Å². The van der Waals surface area contributed by atoms with Crippen LogP contribution in [0.1, 0.15) is 29.2 Å². The fraction of sp³-hybridized carbons (Fsp3) is 0.286. The van der Waals surface area contributed by atoms with E-state index in [1.807, 2.05) is 13.8 Å². The average molecular weight is 321 g/mol. The first-order valence-corrected chi connectivity index (χ1v) is 8.04. The first kappa shape index (κ1) is 15.7. The lowest BCUT2D eigenvalue weighted by Gasteiger charge is -2.10. The van der Waals surface area contributed by atoms with Crippen molar-refractivity contribution in [2.75, 3.05) is 5.32 Å². The molecule has 0 aliphatic heterocycles. The van der Waals surface area contributed by atoms with Gasteiger partial charge in [0.1, 0.15) is 5.01 Å². The normalized spacial score (nSPS) is 12.0. The van der Waals surface area contributed by atoms with Gasteiger partial charge in [0.15, 0.2) is 10.1 Å². The van der Waals surface area contributed by atoms with Gasteiger partial charge in [0, 0.05) is 11.3 Å². The van der Waals surface area contributed by atoms with Gasteiger partial charge < -0.3 is 5.32 Å². The van der Waals surface area contributed by atoms with Crippen molar-refractivity contribution >= 4 is 40.5 Å². The maximum atomic E-state index is 12.1. The summed E-state index contributed by atoms with van der Waals surface area (Å²) in [6, 6.07) is 6.84. The Bertz CT molecular complexity index is 652. The summed E-state index contributed by atoms with van der Waals surface area (Å²) in [4.78, 5) is 23.3. The first-order valence-electron chi connectivity index (χ1n) is 6.34. The van der Waals surface area contributed by atoms with Gasteiger partial charge in [-0.1, -0.05) is 23.1 Å². The molecule has 0 unspecified atom stereocenters. The van der Waals surface area contributed by atoms with Crippen LogP contribution in [0.4, 0.5) is 5.69 Å². The zero-order valence-electron chi connectivity index (χ0n) is 11.9. The van der Waals surface area contributed by atoms with Gasteiger partial charge in [-0.05, 0) is 45.0 Å². The van der Waals surface area contributed by atoms with E-state index >= 15 is 0 Å². The van der Waals surface area contributed by atoms with Gasteiger partial charge in [0.05, 0.1) is 5.25 Å². The molecular weight excluding hydrogens is 306 g/mol. The Kier molecular flexibility index (Phi) is 5.08. The molecule has 0 saturated carbocycles. The van der Waals surface area contributed by atoms with Crippen molar-refractivity contribution in [3.05, 3.63) is 34.8 Å². The number of hydrogen-bond donors (Lipinski definition) is 1. The van der Waals surface area contributed by atoms with Crippen molar-refractivity contribution in [1.82, 2.24) is 10.2 Å². The van der Waals surface area contributed by atoms with Crippen LogP contribution in [0.15, 0.2) is 28.6 Å². The van der Waals surface area contributed by atoms with Crippen LogP contribution in [0.5, 0.6) is 0 Å². The molecule has 0 bridgehead atoms. The molecule has 2 rings (SSSR count). The summed E-state index contributed by atoms with van der Waals surface area (Å²) in [6.45, 7) is 5.21. The summed E-state index contributed by atoms with van der Waals surface area (Å²) in [7, 11) is 0. The number of nitrogens with one attached hydrogen (secondary N) is 1. The Morgan fingerprint density at radius 1 is 1.24 bits per heavy atom. The highest BCUT2D eigenvalue weighted by Crippen LogP contribution is 2.26. The topological polar surface area (TPSA) is 72.0 Å². The van der Waals surface area contributed by atoms with Gasteiger partial charge in [0.25, 0.3) is 0 Å². The molecule has 0 fully saturated rings. The number of benzene rings is 1. The lowest BCUT2D eigenvalue weighted by Crippen LogP contribution is -2.22. The van der Waals surface area contributed by atoms with Crippen LogP contribution < -0.4 is 5.32 Å². The van der Waals surface area contributed by atoms with E-state index < -0.39 is 0 Å². The maximum absolute atomic E-state index is 12.1. The van der Waals surface area contributed by atoms with E-state index in [4.69, 9.17) is 0 Å². The van der Waals surface area contributed by atoms with E-state index in [-0.39, 0.29) is 16.9 Å². The molecule has 1 aromatic carbocycles. The Morgan fingerprint density at radius 2 is 1.90 bits per heavy atom. The minimum absolute atomic E-state index is 0.00318. The molecule has 21 heavy (non-hydrogen) atoms. The Hall–Kier alpha value is -1.73. The van der Waals surface area contributed by atoms with Crippen molar-refractivity contribution in [2.24, 2.45) is 0 Å². The van der Waals surface area contributed by atoms with Gasteiger partial charge in [-0.2, -0.15) is 0 Å². The first-order chi connectivity index (χ1) is 9.95. The molecular formula is C14H15N3O2S2. The second-order valence-corrected chi connectivity index (χ2v) is 7.24. The molecule has 0 aliphatic rings. The smallest absolute Gasteiger partial charge is 0.237 e. The third-order valence-electron chi connectivity index (χ3n) is 2.71. The van der Waals surface area contributed by atoms with Crippen LogP contribution >= 0.6 is 23.1 Å². The van der Waals surface area contributed by atoms with Crippen molar-refractivity contribution in [3.8, 4) is 0 Å². The summed E-state index contributed by atoms with van der Waals surface area (Å²) >= 11 is 2.85. The van der Waals surface area contributed by atoms with Crippen LogP contribution in [0, 0.1) is 6.92 Å². The highest BCUT2D eigenvalue weighted by molar-refractivity contribution is 8.02. The lowest BCUT2D eigenvalue weighted by molar-refractivity contribution is -0.115. The molecule has 110 valence electrons. The molecule has 2 aromatic rings. The number of hydrogen-bond acceptors (Lipinski definition) is 6. The molecule has 1 atom stereocenters. The van der Waals surface area contributed by atoms with Crippen molar-refractivity contribution in [3.63, 3.8) is 0 Å². The number of ketones is 1. The Morgan fingerprint density at radius 3 is 2.43 bits per heavy atom. The fourth-order valence-electron chi connectivity index (χ4n) is 1.56. The summed E-state index contributed by atoms with van der Waals surface area (Å²) in [5.74, 6) is -0.105. The lowest BCUT2D eigenvalue weighted by atomic mass is 10.1. The number of nitrogens with zero attached hydrogens (tertiary/aromatic N) is 2. The SMILES string of the molecule is CC(=O)c1ccc(NC(=O)[C@@H](C)Sc2nnc(C)s2)cc1. The van der Waals surface area contributed by atoms with Gasteiger partial charge in [-0.3, -0.25) is 9.59 Å². The van der Waals surface area contributed by atoms with Gasteiger partial charge >= 0.3 is 0 Å². The van der Waals surface area contributed by atoms with Gasteiger partial charge in [-0.25, -0.2) is 0 Å². The van der Waals surface area contributed by atoms with E-state index in [1.54, 1.807) is 24.3 Å². The van der Waals surface area contributed by atoms with Crippen LogP contribution in [0.2, 0.25) is 0 Å². The number of amides is 1. The zero-order chi connectivity index (χ0) is 15.4. The monoisotopic (exact) mass is 321 g/mol. The van der Waals surface area contributed by atoms with Crippen LogP contribution in [-0.2, 0) is 4.79 Å². The standard InChI is InChI=1S/C14H15N3O2S2/c1-8(18)11-4-6-12(7-5-11)15-13(19)9(2)20-14-17-16-10(3)21-14/h4-7,9H,1-3H3,(H,15,19)/t9-/m1/s1. The third kappa shape index (κ3) is 4.37. The summed E-state index contributed by atoms with van der Waals surface area (Å²) < 4.78 is 0.780.